The maximum Gasteiger partial charge on any atom is 0.335 e. The average molecular weight is 522 g/mol. The van der Waals surface area contributed by atoms with E-state index in [-0.39, 0.29) is 5.57 Å². The number of hydrogen-bond donors (Lipinski definition) is 9. The topological polar surface area (TPSA) is 245 Å². The molecule has 0 aromatic rings. The van der Waals surface area contributed by atoms with Crippen molar-refractivity contribution in [3.63, 3.8) is 0 Å². The molecule has 14 atom stereocenters. The number of carboxylic acids is 1. The van der Waals surface area contributed by atoms with Crippen molar-refractivity contribution in [3.05, 3.63) is 24.0 Å². The summed E-state index contributed by atoms with van der Waals surface area (Å²) in [5, 5.41) is 89.1. The minimum absolute atomic E-state index is 0.162. The fourth-order valence-corrected chi connectivity index (χ4v) is 4.73. The lowest BCUT2D eigenvalue weighted by atomic mass is 9.85. The number of aliphatic hydroxyl groups is 8. The Morgan fingerprint density at radius 1 is 0.750 bits per heavy atom. The van der Waals surface area contributed by atoms with E-state index in [9.17, 15) is 50.8 Å². The zero-order valence-corrected chi connectivity index (χ0v) is 18.7. The van der Waals surface area contributed by atoms with Gasteiger partial charge in [-0.3, -0.25) is 0 Å². The van der Waals surface area contributed by atoms with E-state index in [2.05, 4.69) is 0 Å². The molecule has 9 N–H and O–H groups in total. The van der Waals surface area contributed by atoms with E-state index in [1.807, 2.05) is 0 Å². The van der Waals surface area contributed by atoms with Gasteiger partial charge in [-0.25, -0.2) is 4.79 Å². The Morgan fingerprint density at radius 3 is 1.78 bits per heavy atom. The summed E-state index contributed by atoms with van der Waals surface area (Å²) in [7, 11) is 0. The van der Waals surface area contributed by atoms with E-state index in [0.29, 0.717) is 0 Å². The summed E-state index contributed by atoms with van der Waals surface area (Å²) in [6.45, 7) is -1.38. The second kappa shape index (κ2) is 10.9. The van der Waals surface area contributed by atoms with Gasteiger partial charge >= 0.3 is 5.97 Å². The molecule has 15 heteroatoms. The van der Waals surface area contributed by atoms with Crippen molar-refractivity contribution in [1.29, 1.82) is 0 Å². The maximum atomic E-state index is 11.7. The highest BCUT2D eigenvalue weighted by molar-refractivity contribution is 5.87. The summed E-state index contributed by atoms with van der Waals surface area (Å²) in [4.78, 5) is 11.7. The Bertz CT molecular complexity index is 845. The molecule has 0 bridgehead atoms. The minimum atomic E-state index is -1.76. The van der Waals surface area contributed by atoms with Gasteiger partial charge in [-0.2, -0.15) is 0 Å². The predicted molar refractivity (Wildman–Crippen MR) is 110 cm³/mol. The quantitative estimate of drug-likeness (QED) is 0.142. The van der Waals surface area contributed by atoms with E-state index in [1.54, 1.807) is 0 Å². The Kier molecular flexibility index (Phi) is 8.30. The van der Waals surface area contributed by atoms with E-state index < -0.39 is 105 Å². The van der Waals surface area contributed by atoms with Crippen LogP contribution in [0.2, 0.25) is 0 Å². The second-order valence-corrected chi connectivity index (χ2v) is 9.00. The summed E-state index contributed by atoms with van der Waals surface area (Å²) < 4.78 is 27.7. The molecule has 0 amide bonds. The van der Waals surface area contributed by atoms with Crippen molar-refractivity contribution < 1.29 is 74.4 Å². The van der Waals surface area contributed by atoms with Gasteiger partial charge in [0.2, 0.25) is 6.29 Å². The molecule has 2 fully saturated rings. The highest BCUT2D eigenvalue weighted by atomic mass is 16.8. The van der Waals surface area contributed by atoms with Crippen LogP contribution >= 0.6 is 0 Å². The Labute approximate surface area is 204 Å². The molecule has 15 nitrogen and oxygen atoms in total. The monoisotopic (exact) mass is 522 g/mol. The molecular weight excluding hydrogens is 492 g/mol. The molecule has 0 unspecified atom stereocenters. The first-order valence-electron chi connectivity index (χ1n) is 11.3. The van der Waals surface area contributed by atoms with Crippen molar-refractivity contribution >= 4 is 5.97 Å². The summed E-state index contributed by atoms with van der Waals surface area (Å²) >= 11 is 0. The van der Waals surface area contributed by atoms with Crippen LogP contribution < -0.4 is 0 Å². The van der Waals surface area contributed by atoms with Crippen LogP contribution in [0.5, 0.6) is 0 Å². The summed E-state index contributed by atoms with van der Waals surface area (Å²) in [6.07, 6.45) is -14.3. The third-order valence-electron chi connectivity index (χ3n) is 6.81. The van der Waals surface area contributed by atoms with Crippen molar-refractivity contribution in [2.75, 3.05) is 13.2 Å². The van der Waals surface area contributed by atoms with Crippen LogP contribution in [0.15, 0.2) is 24.0 Å². The Balaban J connectivity index is 1.55. The summed E-state index contributed by atoms with van der Waals surface area (Å²) in [5.41, 5.74) is -0.162. The van der Waals surface area contributed by atoms with Gasteiger partial charge in [-0.15, -0.1) is 0 Å². The molecule has 36 heavy (non-hydrogen) atoms. The third-order valence-corrected chi connectivity index (χ3v) is 6.81. The molecule has 204 valence electrons. The molecule has 3 heterocycles. The van der Waals surface area contributed by atoms with Crippen LogP contribution in [0.3, 0.4) is 0 Å². The van der Waals surface area contributed by atoms with Crippen LogP contribution in [0.1, 0.15) is 0 Å². The van der Waals surface area contributed by atoms with Crippen LogP contribution in [-0.2, 0) is 28.5 Å². The van der Waals surface area contributed by atoms with Crippen LogP contribution in [0.4, 0.5) is 0 Å². The fourth-order valence-electron chi connectivity index (χ4n) is 4.73. The predicted octanol–water partition coefficient (Wildman–Crippen LogP) is -4.88. The first-order chi connectivity index (χ1) is 17.1. The zero-order chi connectivity index (χ0) is 26.3. The highest BCUT2D eigenvalue weighted by Crippen LogP contribution is 2.42. The lowest BCUT2D eigenvalue weighted by Gasteiger charge is -2.44. The van der Waals surface area contributed by atoms with Crippen LogP contribution in [-0.4, -0.2) is 139 Å². The van der Waals surface area contributed by atoms with Crippen molar-refractivity contribution in [2.45, 2.75) is 73.8 Å². The lowest BCUT2D eigenvalue weighted by molar-refractivity contribution is -0.350. The Morgan fingerprint density at radius 2 is 1.28 bits per heavy atom. The van der Waals surface area contributed by atoms with Gasteiger partial charge in [0.1, 0.15) is 48.8 Å². The number of fused-ring (bicyclic) bond motifs is 1. The van der Waals surface area contributed by atoms with E-state index in [0.717, 1.165) is 6.26 Å². The Hall–Kier alpha value is -1.73. The lowest BCUT2D eigenvalue weighted by Crippen LogP contribution is -2.61. The average Bonchev–Trinajstić information content (AvgIpc) is 3.28. The minimum Gasteiger partial charge on any atom is -0.478 e. The molecule has 0 saturated carbocycles. The highest BCUT2D eigenvalue weighted by Gasteiger charge is 2.52. The zero-order valence-electron chi connectivity index (χ0n) is 18.7. The number of carbonyl (C=O) groups is 1. The molecule has 4 aliphatic rings. The van der Waals surface area contributed by atoms with Gasteiger partial charge in [-0.05, 0) is 0 Å². The number of carboxylic acid groups (broad SMARTS) is 1. The van der Waals surface area contributed by atoms with E-state index >= 15 is 0 Å². The molecular formula is C21H30O15. The number of rotatable bonds is 7. The largest absolute Gasteiger partial charge is 0.478 e. The molecule has 2 saturated heterocycles. The van der Waals surface area contributed by atoms with Gasteiger partial charge in [0, 0.05) is 5.92 Å². The maximum absolute atomic E-state index is 11.7. The molecule has 1 aliphatic carbocycles. The summed E-state index contributed by atoms with van der Waals surface area (Å²) in [6, 6.07) is 0. The number of aliphatic carboxylic acids is 1. The van der Waals surface area contributed by atoms with Crippen molar-refractivity contribution in [2.24, 2.45) is 11.8 Å². The van der Waals surface area contributed by atoms with Gasteiger partial charge in [-0.1, -0.05) is 12.2 Å². The fraction of sp³-hybridized carbons (Fsp3) is 0.762. The second-order valence-electron chi connectivity index (χ2n) is 9.00. The van der Waals surface area contributed by atoms with E-state index in [1.165, 1.54) is 12.2 Å². The van der Waals surface area contributed by atoms with E-state index in [4.69, 9.17) is 23.7 Å². The first kappa shape index (κ1) is 27.3. The molecule has 0 spiro atoms. The van der Waals surface area contributed by atoms with Crippen molar-refractivity contribution in [3.8, 4) is 0 Å². The smallest absolute Gasteiger partial charge is 0.335 e. The van der Waals surface area contributed by atoms with Gasteiger partial charge < -0.3 is 69.6 Å². The first-order valence-corrected chi connectivity index (χ1v) is 11.3. The molecule has 0 aromatic carbocycles. The molecule has 0 radical (unpaired) electrons. The van der Waals surface area contributed by atoms with Crippen LogP contribution in [0.25, 0.3) is 0 Å². The number of allylic oxidation sites excluding steroid dienone is 1. The van der Waals surface area contributed by atoms with Crippen LogP contribution in [0, 0.1) is 11.8 Å². The van der Waals surface area contributed by atoms with Gasteiger partial charge in [0.25, 0.3) is 0 Å². The standard InChI is InChI=1S/C21H30O15/c22-3-9-12(24)14(26)16(28)20(34-9)33-8-2-1-6-7(18(30)31)5-32-19(11(6)8)36-21-17(29)15(27)13(25)10(4-23)35-21/h1-2,5-6,8-17,19-29H,3-4H2,(H,30,31)/t6-,8+,9-,10-,11+,12-,13-,14+,15+,16-,17-,19+,20-,21+/m1/s1. The van der Waals surface area contributed by atoms with Gasteiger partial charge in [0.15, 0.2) is 12.6 Å². The van der Waals surface area contributed by atoms with Crippen molar-refractivity contribution in [1.82, 2.24) is 0 Å². The SMILES string of the molecule is O=C(O)C1=CO[C@@H](O[C@@H]2O[C@H](CO)[C@@H](O)[C@H](O)[C@H]2O)[C@@H]2[C@@H](O[C@@H]3O[C@H](CO)[C@@H](O)[C@H](O)[C@H]3O)C=C[C@H]12. The third kappa shape index (κ3) is 4.90. The number of hydrogen-bond acceptors (Lipinski definition) is 14. The molecule has 0 aromatic heterocycles. The van der Waals surface area contributed by atoms with Gasteiger partial charge in [0.05, 0.1) is 37.1 Å². The number of aliphatic hydroxyl groups excluding tert-OH is 8. The number of ether oxygens (including phenoxy) is 5. The molecule has 3 aliphatic heterocycles. The summed E-state index contributed by atoms with van der Waals surface area (Å²) in [5.74, 6) is -3.11. The normalized spacial score (nSPS) is 48.7. The molecule has 4 rings (SSSR count).